The van der Waals surface area contributed by atoms with Gasteiger partial charge in [0, 0.05) is 13.1 Å². The number of carboxylic acid groups (broad SMARTS) is 1. The van der Waals surface area contributed by atoms with Gasteiger partial charge in [-0.2, -0.15) is 0 Å². The van der Waals surface area contributed by atoms with E-state index >= 15 is 0 Å². The van der Waals surface area contributed by atoms with Crippen molar-refractivity contribution in [3.63, 3.8) is 0 Å². The van der Waals surface area contributed by atoms with Crippen molar-refractivity contribution in [2.75, 3.05) is 13.1 Å². The second kappa shape index (κ2) is 6.05. The minimum Gasteiger partial charge on any atom is -0.481 e. The van der Waals surface area contributed by atoms with Gasteiger partial charge < -0.3 is 5.11 Å². The topological polar surface area (TPSA) is 71.2 Å². The fraction of sp³-hybridized carbons (Fsp3) is 0.400. The Labute approximate surface area is 123 Å². The average molecular weight is 286 g/mol. The molecule has 110 valence electrons. The van der Waals surface area contributed by atoms with Gasteiger partial charge in [-0.3, -0.25) is 9.69 Å². The smallest absolute Gasteiger partial charge is 0.307 e. The summed E-state index contributed by atoms with van der Waals surface area (Å²) in [7, 11) is 0. The summed E-state index contributed by atoms with van der Waals surface area (Å²) in [6.07, 6.45) is 3.59. The van der Waals surface area contributed by atoms with E-state index in [1.54, 1.807) is 4.68 Å². The fourth-order valence-corrected chi connectivity index (χ4v) is 2.71. The van der Waals surface area contributed by atoms with Crippen LogP contribution in [0.2, 0.25) is 0 Å². The van der Waals surface area contributed by atoms with E-state index in [9.17, 15) is 4.79 Å². The normalized spacial score (nSPS) is 19.5. The molecule has 21 heavy (non-hydrogen) atoms. The molecule has 1 aromatic carbocycles. The lowest BCUT2D eigenvalue weighted by atomic mass is 9.98. The monoisotopic (exact) mass is 286 g/mol. The molecule has 0 aliphatic carbocycles. The number of piperidine rings is 1. The molecule has 0 radical (unpaired) electrons. The van der Waals surface area contributed by atoms with Crippen LogP contribution in [0.4, 0.5) is 0 Å². The molecule has 1 atom stereocenters. The molecule has 1 saturated heterocycles. The molecule has 0 amide bonds. The Bertz CT molecular complexity index is 611. The summed E-state index contributed by atoms with van der Waals surface area (Å²) in [5, 5.41) is 17.4. The van der Waals surface area contributed by atoms with E-state index in [-0.39, 0.29) is 5.92 Å². The Morgan fingerprint density at radius 3 is 2.90 bits per heavy atom. The van der Waals surface area contributed by atoms with Gasteiger partial charge in [0.25, 0.3) is 0 Å². The third-order valence-corrected chi connectivity index (χ3v) is 3.80. The van der Waals surface area contributed by atoms with E-state index in [0.29, 0.717) is 13.1 Å². The number of benzene rings is 1. The van der Waals surface area contributed by atoms with E-state index < -0.39 is 5.97 Å². The first-order valence-corrected chi connectivity index (χ1v) is 7.14. The van der Waals surface area contributed by atoms with Crippen LogP contribution in [0.25, 0.3) is 5.69 Å². The van der Waals surface area contributed by atoms with Gasteiger partial charge in [-0.25, -0.2) is 4.68 Å². The Morgan fingerprint density at radius 1 is 1.33 bits per heavy atom. The number of carboxylic acids is 1. The molecule has 1 fully saturated rings. The number of aliphatic carboxylic acids is 1. The molecule has 6 heteroatoms. The highest BCUT2D eigenvalue weighted by Crippen LogP contribution is 2.18. The van der Waals surface area contributed by atoms with E-state index in [4.69, 9.17) is 5.11 Å². The molecular weight excluding hydrogens is 268 g/mol. The fourth-order valence-electron chi connectivity index (χ4n) is 2.71. The standard InChI is InChI=1S/C15H18N4O2/c20-15(21)12-5-4-8-18(9-12)10-13-11-19(17-16-13)14-6-2-1-3-7-14/h1-3,6-7,11-12H,4-5,8-10H2,(H,20,21). The van der Waals surface area contributed by atoms with Crippen molar-refractivity contribution >= 4 is 5.97 Å². The van der Waals surface area contributed by atoms with Gasteiger partial charge in [0.05, 0.1) is 23.5 Å². The van der Waals surface area contributed by atoms with Crippen LogP contribution in [-0.2, 0) is 11.3 Å². The van der Waals surface area contributed by atoms with Crippen molar-refractivity contribution in [1.29, 1.82) is 0 Å². The first-order valence-electron chi connectivity index (χ1n) is 7.14. The van der Waals surface area contributed by atoms with Crippen LogP contribution in [-0.4, -0.2) is 44.1 Å². The van der Waals surface area contributed by atoms with Crippen molar-refractivity contribution in [3.8, 4) is 5.69 Å². The first-order chi connectivity index (χ1) is 10.2. The second-order valence-corrected chi connectivity index (χ2v) is 5.40. The van der Waals surface area contributed by atoms with E-state index in [1.165, 1.54) is 0 Å². The van der Waals surface area contributed by atoms with Gasteiger partial charge in [-0.15, -0.1) is 5.10 Å². The van der Waals surface area contributed by atoms with E-state index in [0.717, 1.165) is 30.8 Å². The summed E-state index contributed by atoms with van der Waals surface area (Å²) in [4.78, 5) is 13.2. The highest BCUT2D eigenvalue weighted by Gasteiger charge is 2.25. The van der Waals surface area contributed by atoms with Crippen LogP contribution in [0, 0.1) is 5.92 Å². The number of aromatic nitrogens is 3. The molecule has 1 unspecified atom stereocenters. The van der Waals surface area contributed by atoms with Gasteiger partial charge in [0.2, 0.25) is 0 Å². The molecular formula is C15H18N4O2. The molecule has 0 saturated carbocycles. The maximum atomic E-state index is 11.1. The Hall–Kier alpha value is -2.21. The molecule has 2 heterocycles. The van der Waals surface area contributed by atoms with Crippen molar-refractivity contribution in [2.24, 2.45) is 5.92 Å². The van der Waals surface area contributed by atoms with E-state index in [2.05, 4.69) is 15.2 Å². The summed E-state index contributed by atoms with van der Waals surface area (Å²) in [5.74, 6) is -0.962. The zero-order valence-corrected chi connectivity index (χ0v) is 11.7. The average Bonchev–Trinajstić information content (AvgIpc) is 2.97. The molecule has 0 spiro atoms. The summed E-state index contributed by atoms with van der Waals surface area (Å²) < 4.78 is 1.74. The molecule has 1 aliphatic rings. The van der Waals surface area contributed by atoms with Crippen LogP contribution in [0.15, 0.2) is 36.5 Å². The molecule has 2 aromatic rings. The van der Waals surface area contributed by atoms with Gasteiger partial charge in [0.1, 0.15) is 0 Å². The molecule has 1 aromatic heterocycles. The number of hydrogen-bond acceptors (Lipinski definition) is 4. The minimum atomic E-state index is -0.701. The van der Waals surface area contributed by atoms with Crippen molar-refractivity contribution in [1.82, 2.24) is 19.9 Å². The number of nitrogens with zero attached hydrogens (tertiary/aromatic N) is 4. The third-order valence-electron chi connectivity index (χ3n) is 3.80. The number of rotatable bonds is 4. The molecule has 1 aliphatic heterocycles. The van der Waals surface area contributed by atoms with Crippen molar-refractivity contribution < 1.29 is 9.90 Å². The number of para-hydroxylation sites is 1. The Balaban J connectivity index is 1.66. The van der Waals surface area contributed by atoms with Crippen LogP contribution >= 0.6 is 0 Å². The lowest BCUT2D eigenvalue weighted by Crippen LogP contribution is -2.38. The van der Waals surface area contributed by atoms with Gasteiger partial charge in [-0.1, -0.05) is 23.4 Å². The molecule has 0 bridgehead atoms. The third kappa shape index (κ3) is 3.28. The van der Waals surface area contributed by atoms with Crippen LogP contribution < -0.4 is 0 Å². The summed E-state index contributed by atoms with van der Waals surface area (Å²) in [6, 6.07) is 9.82. The predicted octanol–water partition coefficient (Wildman–Crippen LogP) is 1.56. The highest BCUT2D eigenvalue weighted by atomic mass is 16.4. The Morgan fingerprint density at radius 2 is 2.14 bits per heavy atom. The van der Waals surface area contributed by atoms with Crippen LogP contribution in [0.5, 0.6) is 0 Å². The Kier molecular flexibility index (Phi) is 3.96. The lowest BCUT2D eigenvalue weighted by Gasteiger charge is -2.29. The minimum absolute atomic E-state index is 0.261. The van der Waals surface area contributed by atoms with Crippen LogP contribution in [0.1, 0.15) is 18.5 Å². The molecule has 3 rings (SSSR count). The number of carbonyl (C=O) groups is 1. The maximum Gasteiger partial charge on any atom is 0.307 e. The van der Waals surface area contributed by atoms with E-state index in [1.807, 2.05) is 36.5 Å². The molecule has 6 nitrogen and oxygen atoms in total. The van der Waals surface area contributed by atoms with Gasteiger partial charge in [-0.05, 0) is 31.5 Å². The molecule has 1 N–H and O–H groups in total. The quantitative estimate of drug-likeness (QED) is 0.923. The zero-order chi connectivity index (χ0) is 14.7. The SMILES string of the molecule is O=C(O)C1CCCN(Cc2cn(-c3ccccc3)nn2)C1. The van der Waals surface area contributed by atoms with Gasteiger partial charge in [0.15, 0.2) is 0 Å². The maximum absolute atomic E-state index is 11.1. The van der Waals surface area contributed by atoms with Crippen LogP contribution in [0.3, 0.4) is 0 Å². The largest absolute Gasteiger partial charge is 0.481 e. The zero-order valence-electron chi connectivity index (χ0n) is 11.7. The second-order valence-electron chi connectivity index (χ2n) is 5.40. The van der Waals surface area contributed by atoms with Gasteiger partial charge >= 0.3 is 5.97 Å². The van der Waals surface area contributed by atoms with Crippen molar-refractivity contribution in [2.45, 2.75) is 19.4 Å². The number of hydrogen-bond donors (Lipinski definition) is 1. The number of likely N-dealkylation sites (tertiary alicyclic amines) is 1. The predicted molar refractivity (Wildman–Crippen MR) is 77.0 cm³/mol. The van der Waals surface area contributed by atoms with Crippen molar-refractivity contribution in [3.05, 3.63) is 42.2 Å². The highest BCUT2D eigenvalue weighted by molar-refractivity contribution is 5.70. The summed E-state index contributed by atoms with van der Waals surface area (Å²) >= 11 is 0. The first kappa shape index (κ1) is 13.8. The summed E-state index contributed by atoms with van der Waals surface area (Å²) in [5.41, 5.74) is 1.84. The summed E-state index contributed by atoms with van der Waals surface area (Å²) in [6.45, 7) is 2.16. The lowest BCUT2D eigenvalue weighted by molar-refractivity contribution is -0.143.